The van der Waals surface area contributed by atoms with Gasteiger partial charge < -0.3 is 29.0 Å². The quantitative estimate of drug-likeness (QED) is 0.687. The lowest BCUT2D eigenvalue weighted by Gasteiger charge is -2.15. The second-order valence-corrected chi connectivity index (χ2v) is 6.55. The molecule has 0 saturated heterocycles. The van der Waals surface area contributed by atoms with Gasteiger partial charge in [-0.2, -0.15) is 0 Å². The van der Waals surface area contributed by atoms with Crippen molar-refractivity contribution in [3.63, 3.8) is 0 Å². The van der Waals surface area contributed by atoms with Crippen LogP contribution in [0.5, 0.6) is 23.0 Å². The smallest absolute Gasteiger partial charge is 0.339 e. The Balaban J connectivity index is 1.59. The van der Waals surface area contributed by atoms with E-state index in [-0.39, 0.29) is 29.7 Å². The number of esters is 1. The Bertz CT molecular complexity index is 931. The predicted octanol–water partition coefficient (Wildman–Crippen LogP) is 2.95. The Morgan fingerprint density at radius 2 is 1.90 bits per heavy atom. The van der Waals surface area contributed by atoms with Crippen molar-refractivity contribution in [1.29, 1.82) is 0 Å². The molecule has 9 heteroatoms. The molecule has 1 atom stereocenters. The van der Waals surface area contributed by atoms with Crippen LogP contribution < -0.4 is 24.3 Å². The van der Waals surface area contributed by atoms with E-state index in [9.17, 15) is 9.59 Å². The van der Waals surface area contributed by atoms with Gasteiger partial charge in [0.2, 0.25) is 6.79 Å². The van der Waals surface area contributed by atoms with Crippen molar-refractivity contribution in [1.82, 2.24) is 5.32 Å². The summed E-state index contributed by atoms with van der Waals surface area (Å²) in [5, 5.41) is 2.91. The van der Waals surface area contributed by atoms with Gasteiger partial charge in [0.25, 0.3) is 5.91 Å². The fourth-order valence-electron chi connectivity index (χ4n) is 2.70. The molecule has 1 amide bonds. The van der Waals surface area contributed by atoms with Crippen molar-refractivity contribution >= 4 is 23.5 Å². The topological polar surface area (TPSA) is 92.3 Å². The van der Waals surface area contributed by atoms with Gasteiger partial charge in [-0.05, 0) is 36.8 Å². The maximum absolute atomic E-state index is 12.4. The minimum atomic E-state index is -1.01. The van der Waals surface area contributed by atoms with E-state index >= 15 is 0 Å². The Morgan fingerprint density at radius 3 is 2.62 bits per heavy atom. The van der Waals surface area contributed by atoms with E-state index in [1.54, 1.807) is 12.1 Å². The second-order valence-electron chi connectivity index (χ2n) is 6.15. The highest BCUT2D eigenvalue weighted by Crippen LogP contribution is 2.36. The standard InChI is InChI=1S/C20H20ClNO7/c1-11(19(23)22-9-12-4-5-15-16(6-12)28-10-27-15)29-20(24)13-7-14(21)18(26-3)17(8-13)25-2/h4-8,11H,9-10H2,1-3H3,(H,22,23). The zero-order valence-electron chi connectivity index (χ0n) is 16.1. The molecule has 0 spiro atoms. The summed E-state index contributed by atoms with van der Waals surface area (Å²) < 4.78 is 26.1. The fraction of sp³-hybridized carbons (Fsp3) is 0.300. The predicted molar refractivity (Wildman–Crippen MR) is 104 cm³/mol. The van der Waals surface area contributed by atoms with Crippen LogP contribution in [0.4, 0.5) is 0 Å². The third-order valence-electron chi connectivity index (χ3n) is 4.23. The molecular formula is C20H20ClNO7. The summed E-state index contributed by atoms with van der Waals surface area (Å²) in [6.45, 7) is 1.91. The van der Waals surface area contributed by atoms with Gasteiger partial charge in [-0.1, -0.05) is 17.7 Å². The average molecular weight is 422 g/mol. The summed E-state index contributed by atoms with van der Waals surface area (Å²) in [5.41, 5.74) is 0.968. The third kappa shape index (κ3) is 4.65. The number of methoxy groups -OCH3 is 2. The number of carbonyl (C=O) groups is 2. The molecule has 8 nitrogen and oxygen atoms in total. The monoisotopic (exact) mass is 421 g/mol. The SMILES string of the molecule is COc1cc(C(=O)OC(C)C(=O)NCc2ccc3c(c2)OCO3)cc(Cl)c1OC. The van der Waals surface area contributed by atoms with Crippen LogP contribution in [-0.4, -0.2) is 39.0 Å². The third-order valence-corrected chi connectivity index (χ3v) is 4.51. The molecule has 0 radical (unpaired) electrons. The van der Waals surface area contributed by atoms with E-state index in [1.807, 2.05) is 6.07 Å². The minimum absolute atomic E-state index is 0.142. The zero-order chi connectivity index (χ0) is 21.0. The summed E-state index contributed by atoms with van der Waals surface area (Å²) in [5.74, 6) is 0.728. The lowest BCUT2D eigenvalue weighted by molar-refractivity contribution is -0.129. The van der Waals surface area contributed by atoms with E-state index in [0.717, 1.165) is 5.56 Å². The average Bonchev–Trinajstić information content (AvgIpc) is 3.18. The van der Waals surface area contributed by atoms with Gasteiger partial charge in [-0.3, -0.25) is 4.79 Å². The van der Waals surface area contributed by atoms with Crippen molar-refractivity contribution in [3.8, 4) is 23.0 Å². The van der Waals surface area contributed by atoms with Gasteiger partial charge in [-0.15, -0.1) is 0 Å². The van der Waals surface area contributed by atoms with Crippen LogP contribution >= 0.6 is 11.6 Å². The first kappa shape index (κ1) is 20.6. The van der Waals surface area contributed by atoms with Gasteiger partial charge in [0.1, 0.15) is 0 Å². The largest absolute Gasteiger partial charge is 0.493 e. The molecular weight excluding hydrogens is 402 g/mol. The van der Waals surface area contributed by atoms with E-state index in [0.29, 0.717) is 17.2 Å². The van der Waals surface area contributed by atoms with Crippen molar-refractivity contribution in [3.05, 3.63) is 46.5 Å². The van der Waals surface area contributed by atoms with E-state index in [2.05, 4.69) is 5.32 Å². The number of rotatable bonds is 7. The first-order valence-electron chi connectivity index (χ1n) is 8.71. The van der Waals surface area contributed by atoms with Gasteiger partial charge in [0, 0.05) is 6.54 Å². The maximum atomic E-state index is 12.4. The summed E-state index contributed by atoms with van der Waals surface area (Å²) in [4.78, 5) is 24.7. The first-order valence-corrected chi connectivity index (χ1v) is 9.09. The lowest BCUT2D eigenvalue weighted by atomic mass is 10.2. The molecule has 1 N–H and O–H groups in total. The number of nitrogens with one attached hydrogen (secondary N) is 1. The van der Waals surface area contributed by atoms with E-state index in [1.165, 1.54) is 33.3 Å². The molecule has 0 aliphatic carbocycles. The van der Waals surface area contributed by atoms with Crippen molar-refractivity contribution in [2.24, 2.45) is 0 Å². The number of ether oxygens (including phenoxy) is 5. The number of hydrogen-bond donors (Lipinski definition) is 1. The molecule has 29 heavy (non-hydrogen) atoms. The minimum Gasteiger partial charge on any atom is -0.493 e. The van der Waals surface area contributed by atoms with Crippen molar-refractivity contribution < 1.29 is 33.3 Å². The number of amides is 1. The summed E-state index contributed by atoms with van der Waals surface area (Å²) in [6, 6.07) is 8.20. The van der Waals surface area contributed by atoms with Crippen LogP contribution in [0.25, 0.3) is 0 Å². The van der Waals surface area contributed by atoms with E-state index in [4.69, 9.17) is 35.3 Å². The molecule has 1 aliphatic rings. The highest BCUT2D eigenvalue weighted by molar-refractivity contribution is 6.32. The second kappa shape index (κ2) is 8.91. The number of halogens is 1. The highest BCUT2D eigenvalue weighted by atomic mass is 35.5. The Labute approximate surface area is 172 Å². The zero-order valence-corrected chi connectivity index (χ0v) is 16.9. The molecule has 0 saturated carbocycles. The van der Waals surface area contributed by atoms with Crippen molar-refractivity contribution in [2.45, 2.75) is 19.6 Å². The number of carbonyl (C=O) groups excluding carboxylic acids is 2. The number of benzene rings is 2. The van der Waals surface area contributed by atoms with Crippen LogP contribution in [0.1, 0.15) is 22.8 Å². The molecule has 2 aromatic carbocycles. The summed E-state index contributed by atoms with van der Waals surface area (Å²) >= 11 is 6.10. The highest BCUT2D eigenvalue weighted by Gasteiger charge is 2.22. The van der Waals surface area contributed by atoms with Gasteiger partial charge in [-0.25, -0.2) is 4.79 Å². The number of fused-ring (bicyclic) bond motifs is 1. The van der Waals surface area contributed by atoms with Crippen LogP contribution in [0.2, 0.25) is 5.02 Å². The van der Waals surface area contributed by atoms with Crippen LogP contribution in [0, 0.1) is 0 Å². The lowest BCUT2D eigenvalue weighted by Crippen LogP contribution is -2.35. The van der Waals surface area contributed by atoms with Gasteiger partial charge in [0.05, 0.1) is 24.8 Å². The normalized spacial score (nSPS) is 12.8. The van der Waals surface area contributed by atoms with Crippen LogP contribution in [0.15, 0.2) is 30.3 Å². The Hall–Kier alpha value is -3.13. The Kier molecular flexibility index (Phi) is 6.33. The fourth-order valence-corrected chi connectivity index (χ4v) is 2.99. The molecule has 1 heterocycles. The first-order chi connectivity index (χ1) is 13.9. The molecule has 154 valence electrons. The molecule has 3 rings (SSSR count). The molecule has 2 aromatic rings. The Morgan fingerprint density at radius 1 is 1.14 bits per heavy atom. The van der Waals surface area contributed by atoms with Crippen LogP contribution in [-0.2, 0) is 16.1 Å². The summed E-state index contributed by atoms with van der Waals surface area (Å²) in [6.07, 6.45) is -1.01. The van der Waals surface area contributed by atoms with Gasteiger partial charge >= 0.3 is 5.97 Å². The molecule has 0 fully saturated rings. The molecule has 0 bridgehead atoms. The molecule has 1 unspecified atom stereocenters. The maximum Gasteiger partial charge on any atom is 0.339 e. The van der Waals surface area contributed by atoms with Crippen molar-refractivity contribution in [2.75, 3.05) is 21.0 Å². The number of hydrogen-bond acceptors (Lipinski definition) is 7. The van der Waals surface area contributed by atoms with Crippen LogP contribution in [0.3, 0.4) is 0 Å². The van der Waals surface area contributed by atoms with E-state index < -0.39 is 18.0 Å². The molecule has 0 aromatic heterocycles. The van der Waals surface area contributed by atoms with Gasteiger partial charge in [0.15, 0.2) is 29.1 Å². The molecule has 1 aliphatic heterocycles. The summed E-state index contributed by atoms with van der Waals surface area (Å²) in [7, 11) is 2.86.